The number of nitrogens with two attached hydrogens (primary N) is 2. The minimum absolute atomic E-state index is 0.354. The molecule has 1 aromatic heterocycles. The van der Waals surface area contributed by atoms with Gasteiger partial charge in [0, 0.05) is 12.1 Å². The monoisotopic (exact) mass is 195 g/mol. The highest BCUT2D eigenvalue weighted by atomic mass is 16.5. The molecule has 5 heteroatoms. The molecule has 0 radical (unpaired) electrons. The number of hydrogen-bond acceptors (Lipinski definition) is 5. The minimum atomic E-state index is -0.670. The maximum atomic E-state index is 11.0. The Bertz CT molecular complexity index is 310. The lowest BCUT2D eigenvalue weighted by Crippen LogP contribution is -2.33. The van der Waals surface area contributed by atoms with Crippen LogP contribution in [0.15, 0.2) is 18.3 Å². The molecule has 0 fully saturated rings. The van der Waals surface area contributed by atoms with Crippen LogP contribution in [0.5, 0.6) is 0 Å². The molecule has 0 aromatic carbocycles. The van der Waals surface area contributed by atoms with Gasteiger partial charge in [-0.15, -0.1) is 0 Å². The number of aromatic nitrogens is 1. The second kappa shape index (κ2) is 4.57. The van der Waals surface area contributed by atoms with Gasteiger partial charge in [0.25, 0.3) is 0 Å². The van der Waals surface area contributed by atoms with Crippen LogP contribution in [0.2, 0.25) is 0 Å². The van der Waals surface area contributed by atoms with E-state index in [-0.39, 0.29) is 0 Å². The summed E-state index contributed by atoms with van der Waals surface area (Å²) in [6.07, 6.45) is 1.88. The van der Waals surface area contributed by atoms with E-state index in [1.165, 1.54) is 13.3 Å². The van der Waals surface area contributed by atoms with Crippen molar-refractivity contribution in [3.63, 3.8) is 0 Å². The van der Waals surface area contributed by atoms with Crippen LogP contribution >= 0.6 is 0 Å². The fraction of sp³-hybridized carbons (Fsp3) is 0.333. The van der Waals surface area contributed by atoms with Gasteiger partial charge in [-0.3, -0.25) is 9.78 Å². The van der Waals surface area contributed by atoms with Gasteiger partial charge >= 0.3 is 5.97 Å². The van der Waals surface area contributed by atoms with E-state index >= 15 is 0 Å². The summed E-state index contributed by atoms with van der Waals surface area (Å²) in [5, 5.41) is 0. The van der Waals surface area contributed by atoms with E-state index in [2.05, 4.69) is 9.72 Å². The summed E-state index contributed by atoms with van der Waals surface area (Å²) in [4.78, 5) is 15.0. The highest BCUT2D eigenvalue weighted by Crippen LogP contribution is 2.03. The van der Waals surface area contributed by atoms with Crippen LogP contribution in [0.25, 0.3) is 0 Å². The van der Waals surface area contributed by atoms with Gasteiger partial charge in [0.15, 0.2) is 0 Å². The largest absolute Gasteiger partial charge is 0.468 e. The summed E-state index contributed by atoms with van der Waals surface area (Å²) in [7, 11) is 1.30. The number of hydrogen-bond donors (Lipinski definition) is 2. The first-order chi connectivity index (χ1) is 6.63. The summed E-state index contributed by atoms with van der Waals surface area (Å²) >= 11 is 0. The molecule has 1 atom stereocenters. The molecule has 0 saturated heterocycles. The van der Waals surface area contributed by atoms with Gasteiger partial charge in [0.05, 0.1) is 19.0 Å². The van der Waals surface area contributed by atoms with Crippen molar-refractivity contribution in [3.8, 4) is 0 Å². The van der Waals surface area contributed by atoms with E-state index in [9.17, 15) is 4.79 Å². The van der Waals surface area contributed by atoms with Crippen molar-refractivity contribution in [1.29, 1.82) is 0 Å². The molecular formula is C9H13N3O2. The molecule has 0 aliphatic rings. The lowest BCUT2D eigenvalue weighted by Gasteiger charge is -2.08. The first-order valence-corrected chi connectivity index (χ1v) is 4.17. The SMILES string of the molecule is COC(=O)[C@@H](N)Cc1ccc(N)cn1. The Kier molecular flexibility index (Phi) is 3.41. The van der Waals surface area contributed by atoms with Crippen LogP contribution in [0.1, 0.15) is 5.69 Å². The van der Waals surface area contributed by atoms with E-state index in [4.69, 9.17) is 11.5 Å². The third-order valence-corrected chi connectivity index (χ3v) is 1.78. The van der Waals surface area contributed by atoms with E-state index in [1.807, 2.05) is 0 Å². The van der Waals surface area contributed by atoms with Gasteiger partial charge in [-0.25, -0.2) is 0 Å². The fourth-order valence-electron chi connectivity index (χ4n) is 1.02. The molecule has 5 nitrogen and oxygen atoms in total. The Balaban J connectivity index is 2.60. The molecule has 0 bridgehead atoms. The van der Waals surface area contributed by atoms with Crippen LogP contribution in [-0.2, 0) is 16.0 Å². The van der Waals surface area contributed by atoms with Gasteiger partial charge in [0.1, 0.15) is 6.04 Å². The second-order valence-corrected chi connectivity index (χ2v) is 2.92. The number of carbonyl (C=O) groups is 1. The first-order valence-electron chi connectivity index (χ1n) is 4.17. The summed E-state index contributed by atoms with van der Waals surface area (Å²) < 4.78 is 4.49. The van der Waals surface area contributed by atoms with Gasteiger partial charge < -0.3 is 16.2 Å². The Hall–Kier alpha value is -1.62. The molecule has 14 heavy (non-hydrogen) atoms. The lowest BCUT2D eigenvalue weighted by atomic mass is 10.1. The number of pyridine rings is 1. The van der Waals surface area contributed by atoms with Crippen LogP contribution in [-0.4, -0.2) is 24.1 Å². The summed E-state index contributed by atoms with van der Waals surface area (Å²) in [5.74, 6) is -0.441. The Morgan fingerprint density at radius 3 is 2.86 bits per heavy atom. The van der Waals surface area contributed by atoms with Crippen molar-refractivity contribution in [2.24, 2.45) is 5.73 Å². The van der Waals surface area contributed by atoms with E-state index in [0.29, 0.717) is 12.1 Å². The van der Waals surface area contributed by atoms with Crippen LogP contribution in [0, 0.1) is 0 Å². The maximum Gasteiger partial charge on any atom is 0.323 e. The van der Waals surface area contributed by atoms with E-state index in [0.717, 1.165) is 5.69 Å². The zero-order valence-electron chi connectivity index (χ0n) is 7.93. The van der Waals surface area contributed by atoms with Crippen molar-refractivity contribution in [1.82, 2.24) is 4.98 Å². The zero-order valence-corrected chi connectivity index (χ0v) is 7.93. The molecular weight excluding hydrogens is 182 g/mol. The van der Waals surface area contributed by atoms with Crippen molar-refractivity contribution in [3.05, 3.63) is 24.0 Å². The molecule has 0 aliphatic heterocycles. The topological polar surface area (TPSA) is 91.2 Å². The molecule has 0 spiro atoms. The number of rotatable bonds is 3. The maximum absolute atomic E-state index is 11.0. The molecule has 1 heterocycles. The average Bonchev–Trinajstić information content (AvgIpc) is 2.20. The standard InChI is InChI=1S/C9H13N3O2/c1-14-9(13)8(11)4-7-3-2-6(10)5-12-7/h2-3,5,8H,4,10-11H2,1H3/t8-/m0/s1. The smallest absolute Gasteiger partial charge is 0.323 e. The molecule has 0 unspecified atom stereocenters. The third-order valence-electron chi connectivity index (χ3n) is 1.78. The number of nitrogens with zero attached hydrogens (tertiary/aromatic N) is 1. The number of carbonyl (C=O) groups excluding carboxylic acids is 1. The third kappa shape index (κ3) is 2.70. The molecule has 4 N–H and O–H groups in total. The number of anilines is 1. The van der Waals surface area contributed by atoms with Gasteiger partial charge in [-0.2, -0.15) is 0 Å². The first kappa shape index (κ1) is 10.5. The minimum Gasteiger partial charge on any atom is -0.468 e. The predicted molar refractivity (Wildman–Crippen MR) is 52.3 cm³/mol. The highest BCUT2D eigenvalue weighted by molar-refractivity contribution is 5.75. The average molecular weight is 195 g/mol. The second-order valence-electron chi connectivity index (χ2n) is 2.92. The van der Waals surface area contributed by atoms with Crippen molar-refractivity contribution in [2.45, 2.75) is 12.5 Å². The predicted octanol–water partition coefficient (Wildman–Crippen LogP) is -0.293. The lowest BCUT2D eigenvalue weighted by molar-refractivity contribution is -0.142. The van der Waals surface area contributed by atoms with Crippen LogP contribution < -0.4 is 11.5 Å². The van der Waals surface area contributed by atoms with Gasteiger partial charge in [-0.05, 0) is 12.1 Å². The normalized spacial score (nSPS) is 12.1. The highest BCUT2D eigenvalue weighted by Gasteiger charge is 2.14. The molecule has 1 aromatic rings. The van der Waals surface area contributed by atoms with Gasteiger partial charge in [0.2, 0.25) is 0 Å². The van der Waals surface area contributed by atoms with Crippen molar-refractivity contribution >= 4 is 11.7 Å². The van der Waals surface area contributed by atoms with Crippen LogP contribution in [0.4, 0.5) is 5.69 Å². The van der Waals surface area contributed by atoms with Gasteiger partial charge in [-0.1, -0.05) is 0 Å². The van der Waals surface area contributed by atoms with Crippen molar-refractivity contribution in [2.75, 3.05) is 12.8 Å². The number of nitrogen functional groups attached to an aromatic ring is 1. The molecule has 1 rings (SSSR count). The Morgan fingerprint density at radius 1 is 1.64 bits per heavy atom. The summed E-state index contributed by atoms with van der Waals surface area (Å²) in [6.45, 7) is 0. The number of methoxy groups -OCH3 is 1. The van der Waals surface area contributed by atoms with E-state index in [1.54, 1.807) is 12.1 Å². The Morgan fingerprint density at radius 2 is 2.36 bits per heavy atom. The quantitative estimate of drug-likeness (QED) is 0.646. The molecule has 0 amide bonds. The summed E-state index contributed by atoms with van der Waals surface area (Å²) in [5.41, 5.74) is 12.3. The summed E-state index contributed by atoms with van der Waals surface area (Å²) in [6, 6.07) is 2.78. The number of esters is 1. The van der Waals surface area contributed by atoms with E-state index < -0.39 is 12.0 Å². The number of ether oxygens (including phenoxy) is 1. The fourth-order valence-corrected chi connectivity index (χ4v) is 1.02. The molecule has 0 aliphatic carbocycles. The van der Waals surface area contributed by atoms with Crippen molar-refractivity contribution < 1.29 is 9.53 Å². The zero-order chi connectivity index (χ0) is 10.6. The van der Waals surface area contributed by atoms with Crippen LogP contribution in [0.3, 0.4) is 0 Å². The molecule has 0 saturated carbocycles. The Labute approximate surface area is 82.1 Å². The molecule has 76 valence electrons.